The van der Waals surface area contributed by atoms with Crippen LogP contribution < -0.4 is 5.32 Å². The normalized spacial score (nSPS) is 10.5. The Morgan fingerprint density at radius 3 is 2.82 bits per heavy atom. The first kappa shape index (κ1) is 12.5. The van der Waals surface area contributed by atoms with Gasteiger partial charge in [0.2, 0.25) is 5.13 Å². The van der Waals surface area contributed by atoms with Crippen molar-refractivity contribution in [3.63, 3.8) is 0 Å². The second-order valence-electron chi connectivity index (χ2n) is 3.79. The first-order valence-corrected chi connectivity index (χ1v) is 7.11. The molecule has 0 aliphatic carbocycles. The summed E-state index contributed by atoms with van der Waals surface area (Å²) in [5.74, 6) is 0. The number of hydrogen-bond acceptors (Lipinski definition) is 4. The molecule has 0 amide bonds. The van der Waals surface area contributed by atoms with Crippen molar-refractivity contribution in [1.29, 1.82) is 0 Å². The molecule has 3 nitrogen and oxygen atoms in total. The molecule has 0 atom stereocenters. The standard InChI is InChI=1S/C12H14BrN3S/c1-3-11-15-16-12(17-11)14-7-9-5-4-8(2)10(13)6-9/h4-6H,3,7H2,1-2H3,(H,14,16). The molecular formula is C12H14BrN3S. The van der Waals surface area contributed by atoms with E-state index in [9.17, 15) is 0 Å². The predicted octanol–water partition coefficient (Wildman–Crippen LogP) is 3.78. The number of nitrogens with one attached hydrogen (secondary N) is 1. The van der Waals surface area contributed by atoms with Crippen LogP contribution in [0.3, 0.4) is 0 Å². The van der Waals surface area contributed by atoms with Gasteiger partial charge in [-0.3, -0.25) is 0 Å². The van der Waals surface area contributed by atoms with Crippen LogP contribution in [0.4, 0.5) is 5.13 Å². The van der Waals surface area contributed by atoms with Crippen molar-refractivity contribution >= 4 is 32.4 Å². The van der Waals surface area contributed by atoms with Gasteiger partial charge in [0.1, 0.15) is 5.01 Å². The van der Waals surface area contributed by atoms with Crippen molar-refractivity contribution in [3.8, 4) is 0 Å². The quantitative estimate of drug-likeness (QED) is 0.933. The lowest BCUT2D eigenvalue weighted by Crippen LogP contribution is -1.99. The second kappa shape index (κ2) is 5.60. The van der Waals surface area contributed by atoms with Crippen molar-refractivity contribution in [2.75, 3.05) is 5.32 Å². The van der Waals surface area contributed by atoms with Gasteiger partial charge in [-0.25, -0.2) is 0 Å². The summed E-state index contributed by atoms with van der Waals surface area (Å²) in [7, 11) is 0. The van der Waals surface area contributed by atoms with Gasteiger partial charge in [0, 0.05) is 11.0 Å². The van der Waals surface area contributed by atoms with Crippen molar-refractivity contribution < 1.29 is 0 Å². The van der Waals surface area contributed by atoms with E-state index in [-0.39, 0.29) is 0 Å². The Morgan fingerprint density at radius 2 is 2.18 bits per heavy atom. The van der Waals surface area contributed by atoms with E-state index in [4.69, 9.17) is 0 Å². The number of halogens is 1. The predicted molar refractivity (Wildman–Crippen MR) is 75.5 cm³/mol. The third-order valence-corrected chi connectivity index (χ3v) is 4.33. The number of aromatic nitrogens is 2. The fraction of sp³-hybridized carbons (Fsp3) is 0.333. The molecule has 0 bridgehead atoms. The highest BCUT2D eigenvalue weighted by atomic mass is 79.9. The maximum absolute atomic E-state index is 4.09. The van der Waals surface area contributed by atoms with Crippen LogP contribution in [-0.4, -0.2) is 10.2 Å². The SMILES string of the molecule is CCc1nnc(NCc2ccc(C)c(Br)c2)s1. The number of rotatable bonds is 4. The zero-order chi connectivity index (χ0) is 12.3. The lowest BCUT2D eigenvalue weighted by Gasteiger charge is -2.04. The Morgan fingerprint density at radius 1 is 1.35 bits per heavy atom. The maximum Gasteiger partial charge on any atom is 0.205 e. The molecule has 1 heterocycles. The number of nitrogens with zero attached hydrogens (tertiary/aromatic N) is 2. The zero-order valence-corrected chi connectivity index (χ0v) is 12.2. The highest BCUT2D eigenvalue weighted by Gasteiger charge is 2.02. The molecule has 0 radical (unpaired) electrons. The molecule has 1 aromatic carbocycles. The summed E-state index contributed by atoms with van der Waals surface area (Å²) in [6, 6.07) is 6.36. The van der Waals surface area contributed by atoms with Crippen LogP contribution >= 0.6 is 27.3 Å². The maximum atomic E-state index is 4.09. The summed E-state index contributed by atoms with van der Waals surface area (Å²) in [6.45, 7) is 4.94. The molecule has 0 spiro atoms. The van der Waals surface area contributed by atoms with E-state index < -0.39 is 0 Å². The minimum absolute atomic E-state index is 0.775. The van der Waals surface area contributed by atoms with Gasteiger partial charge in [-0.15, -0.1) is 10.2 Å². The largest absolute Gasteiger partial charge is 0.356 e. The van der Waals surface area contributed by atoms with Gasteiger partial charge in [-0.1, -0.05) is 46.3 Å². The van der Waals surface area contributed by atoms with Crippen LogP contribution in [0, 0.1) is 6.92 Å². The number of hydrogen-bond donors (Lipinski definition) is 1. The third kappa shape index (κ3) is 3.26. The van der Waals surface area contributed by atoms with E-state index in [1.165, 1.54) is 11.1 Å². The van der Waals surface area contributed by atoms with Crippen LogP contribution in [0.5, 0.6) is 0 Å². The van der Waals surface area contributed by atoms with Crippen LogP contribution in [-0.2, 0) is 13.0 Å². The molecule has 0 fully saturated rings. The summed E-state index contributed by atoms with van der Waals surface area (Å²) in [6.07, 6.45) is 0.940. The van der Waals surface area contributed by atoms with Gasteiger partial charge in [0.05, 0.1) is 0 Å². The molecule has 1 aromatic heterocycles. The fourth-order valence-electron chi connectivity index (χ4n) is 1.39. The molecule has 17 heavy (non-hydrogen) atoms. The zero-order valence-electron chi connectivity index (χ0n) is 9.83. The summed E-state index contributed by atoms with van der Waals surface area (Å²) >= 11 is 5.15. The summed E-state index contributed by atoms with van der Waals surface area (Å²) < 4.78 is 1.14. The first-order valence-electron chi connectivity index (χ1n) is 5.50. The average Bonchev–Trinajstić information content (AvgIpc) is 2.79. The van der Waals surface area contributed by atoms with E-state index in [0.29, 0.717) is 0 Å². The number of anilines is 1. The lowest BCUT2D eigenvalue weighted by atomic mass is 10.1. The van der Waals surface area contributed by atoms with E-state index in [0.717, 1.165) is 27.6 Å². The molecule has 2 rings (SSSR count). The molecule has 2 aromatic rings. The van der Waals surface area contributed by atoms with Crippen LogP contribution in [0.2, 0.25) is 0 Å². The van der Waals surface area contributed by atoms with Gasteiger partial charge in [-0.2, -0.15) is 0 Å². The minimum Gasteiger partial charge on any atom is -0.356 e. The molecule has 1 N–H and O–H groups in total. The summed E-state index contributed by atoms with van der Waals surface area (Å²) in [5, 5.41) is 13.4. The molecule has 0 unspecified atom stereocenters. The topological polar surface area (TPSA) is 37.8 Å². The molecular weight excluding hydrogens is 298 g/mol. The highest BCUT2D eigenvalue weighted by Crippen LogP contribution is 2.20. The first-order chi connectivity index (χ1) is 8.19. The van der Waals surface area contributed by atoms with Crippen LogP contribution in [0.1, 0.15) is 23.1 Å². The van der Waals surface area contributed by atoms with Gasteiger partial charge in [-0.05, 0) is 30.5 Å². The minimum atomic E-state index is 0.775. The molecule has 0 aliphatic heterocycles. The van der Waals surface area contributed by atoms with Gasteiger partial charge in [0.25, 0.3) is 0 Å². The van der Waals surface area contributed by atoms with Gasteiger partial charge in [0.15, 0.2) is 0 Å². The molecule has 0 saturated carbocycles. The van der Waals surface area contributed by atoms with Crippen LogP contribution in [0.15, 0.2) is 22.7 Å². The Bertz CT molecular complexity index is 510. The number of benzene rings is 1. The summed E-state index contributed by atoms with van der Waals surface area (Å²) in [4.78, 5) is 0. The highest BCUT2D eigenvalue weighted by molar-refractivity contribution is 9.10. The van der Waals surface area contributed by atoms with Gasteiger partial charge < -0.3 is 5.32 Å². The smallest absolute Gasteiger partial charge is 0.205 e. The Labute approximate surface area is 113 Å². The van der Waals surface area contributed by atoms with E-state index in [1.54, 1.807) is 11.3 Å². The Balaban J connectivity index is 1.99. The molecule has 90 valence electrons. The lowest BCUT2D eigenvalue weighted by molar-refractivity contribution is 0.975. The van der Waals surface area contributed by atoms with Crippen molar-refractivity contribution in [1.82, 2.24) is 10.2 Å². The van der Waals surface area contributed by atoms with E-state index in [2.05, 4.69) is 63.5 Å². The van der Waals surface area contributed by atoms with Crippen molar-refractivity contribution in [2.45, 2.75) is 26.8 Å². The third-order valence-electron chi connectivity index (χ3n) is 2.45. The molecule has 0 aliphatic rings. The molecule has 0 saturated heterocycles. The van der Waals surface area contributed by atoms with Gasteiger partial charge >= 0.3 is 0 Å². The Hall–Kier alpha value is -0.940. The summed E-state index contributed by atoms with van der Waals surface area (Å²) in [5.41, 5.74) is 2.48. The Kier molecular flexibility index (Phi) is 4.12. The van der Waals surface area contributed by atoms with E-state index in [1.807, 2.05) is 0 Å². The second-order valence-corrected chi connectivity index (χ2v) is 5.71. The molecule has 5 heteroatoms. The van der Waals surface area contributed by atoms with Crippen molar-refractivity contribution in [2.24, 2.45) is 0 Å². The van der Waals surface area contributed by atoms with Crippen LogP contribution in [0.25, 0.3) is 0 Å². The number of aryl methyl sites for hydroxylation is 2. The fourth-order valence-corrected chi connectivity index (χ4v) is 2.49. The van der Waals surface area contributed by atoms with E-state index >= 15 is 0 Å². The average molecular weight is 312 g/mol. The van der Waals surface area contributed by atoms with Crippen molar-refractivity contribution in [3.05, 3.63) is 38.8 Å². The monoisotopic (exact) mass is 311 g/mol.